The standard InChI is InChI=1S/C19H21NO5S/c1-2-24-16-8-10-17(11-9-16)25-19(21)15-6-5-7-18(14-15)26(22,23)20-12-3-4-13-20/h5-11,14H,2-4,12-13H2,1H3. The Hall–Kier alpha value is -2.38. The lowest BCUT2D eigenvalue weighted by atomic mass is 10.2. The van der Waals surface area contributed by atoms with Crippen molar-refractivity contribution in [2.45, 2.75) is 24.7 Å². The molecule has 1 saturated heterocycles. The predicted molar refractivity (Wildman–Crippen MR) is 97.0 cm³/mol. The SMILES string of the molecule is CCOc1ccc(OC(=O)c2cccc(S(=O)(=O)N3CCCC3)c2)cc1. The van der Waals surface area contributed by atoms with Gasteiger partial charge < -0.3 is 9.47 Å². The van der Waals surface area contributed by atoms with Gasteiger partial charge in [-0.1, -0.05) is 6.07 Å². The van der Waals surface area contributed by atoms with E-state index in [4.69, 9.17) is 9.47 Å². The van der Waals surface area contributed by atoms with E-state index >= 15 is 0 Å². The van der Waals surface area contributed by atoms with Gasteiger partial charge in [0, 0.05) is 13.1 Å². The minimum Gasteiger partial charge on any atom is -0.494 e. The van der Waals surface area contributed by atoms with Crippen molar-refractivity contribution >= 4 is 16.0 Å². The van der Waals surface area contributed by atoms with Crippen LogP contribution in [0.5, 0.6) is 11.5 Å². The molecule has 1 aliphatic heterocycles. The molecule has 1 heterocycles. The van der Waals surface area contributed by atoms with Gasteiger partial charge in [-0.05, 0) is 62.2 Å². The largest absolute Gasteiger partial charge is 0.494 e. The smallest absolute Gasteiger partial charge is 0.343 e. The van der Waals surface area contributed by atoms with E-state index in [1.165, 1.54) is 16.4 Å². The molecule has 1 fully saturated rings. The number of hydrogen-bond donors (Lipinski definition) is 0. The van der Waals surface area contributed by atoms with E-state index in [0.29, 0.717) is 31.2 Å². The molecule has 0 radical (unpaired) electrons. The summed E-state index contributed by atoms with van der Waals surface area (Å²) in [6, 6.07) is 12.6. The van der Waals surface area contributed by atoms with Crippen molar-refractivity contribution in [2.75, 3.05) is 19.7 Å². The molecular formula is C19H21NO5S. The Morgan fingerprint density at radius 2 is 1.69 bits per heavy atom. The topological polar surface area (TPSA) is 72.9 Å². The predicted octanol–water partition coefficient (Wildman–Crippen LogP) is 3.09. The van der Waals surface area contributed by atoms with Gasteiger partial charge in [-0.15, -0.1) is 0 Å². The zero-order valence-electron chi connectivity index (χ0n) is 14.6. The molecular weight excluding hydrogens is 354 g/mol. The normalized spacial score (nSPS) is 15.0. The molecule has 0 saturated carbocycles. The van der Waals surface area contributed by atoms with Crippen LogP contribution in [0, 0.1) is 0 Å². The summed E-state index contributed by atoms with van der Waals surface area (Å²) in [4.78, 5) is 12.5. The van der Waals surface area contributed by atoms with E-state index < -0.39 is 16.0 Å². The van der Waals surface area contributed by atoms with E-state index in [1.807, 2.05) is 6.92 Å². The third kappa shape index (κ3) is 4.05. The van der Waals surface area contributed by atoms with Gasteiger partial charge in [-0.25, -0.2) is 13.2 Å². The van der Waals surface area contributed by atoms with Crippen LogP contribution in [0.2, 0.25) is 0 Å². The van der Waals surface area contributed by atoms with Gasteiger partial charge in [0.15, 0.2) is 0 Å². The second kappa shape index (κ2) is 7.88. The number of carbonyl (C=O) groups excluding carboxylic acids is 1. The fraction of sp³-hybridized carbons (Fsp3) is 0.316. The highest BCUT2D eigenvalue weighted by Gasteiger charge is 2.27. The molecule has 0 bridgehead atoms. The molecule has 0 aromatic heterocycles. The minimum atomic E-state index is -3.57. The quantitative estimate of drug-likeness (QED) is 0.573. The maximum atomic E-state index is 12.6. The molecule has 138 valence electrons. The van der Waals surface area contributed by atoms with Gasteiger partial charge in [0.25, 0.3) is 0 Å². The molecule has 0 amide bonds. The van der Waals surface area contributed by atoms with E-state index in [-0.39, 0.29) is 10.5 Å². The Labute approximate surface area is 153 Å². The van der Waals surface area contributed by atoms with Gasteiger partial charge in [0.05, 0.1) is 17.1 Å². The molecule has 3 rings (SSSR count). The number of benzene rings is 2. The van der Waals surface area contributed by atoms with Gasteiger partial charge in [0.1, 0.15) is 11.5 Å². The highest BCUT2D eigenvalue weighted by atomic mass is 32.2. The summed E-state index contributed by atoms with van der Waals surface area (Å²) >= 11 is 0. The number of ether oxygens (including phenoxy) is 2. The lowest BCUT2D eigenvalue weighted by Crippen LogP contribution is -2.28. The van der Waals surface area contributed by atoms with Crippen LogP contribution in [0.3, 0.4) is 0 Å². The molecule has 26 heavy (non-hydrogen) atoms. The highest BCUT2D eigenvalue weighted by molar-refractivity contribution is 7.89. The van der Waals surface area contributed by atoms with E-state index in [9.17, 15) is 13.2 Å². The van der Waals surface area contributed by atoms with Crippen molar-refractivity contribution in [1.29, 1.82) is 0 Å². The van der Waals surface area contributed by atoms with Crippen LogP contribution >= 0.6 is 0 Å². The summed E-state index contributed by atoms with van der Waals surface area (Å²) in [5.74, 6) is 0.449. The van der Waals surface area contributed by atoms with Crippen LogP contribution in [-0.2, 0) is 10.0 Å². The Kier molecular flexibility index (Phi) is 5.58. The molecule has 0 unspecified atom stereocenters. The summed E-state index contributed by atoms with van der Waals surface area (Å²) in [6.45, 7) is 3.47. The first kappa shape index (κ1) is 18.4. The second-order valence-electron chi connectivity index (χ2n) is 5.93. The lowest BCUT2D eigenvalue weighted by Gasteiger charge is -2.15. The fourth-order valence-electron chi connectivity index (χ4n) is 2.80. The van der Waals surface area contributed by atoms with Gasteiger partial charge in [0.2, 0.25) is 10.0 Å². The zero-order valence-corrected chi connectivity index (χ0v) is 15.4. The average Bonchev–Trinajstić information content (AvgIpc) is 3.19. The Bertz CT molecular complexity index is 871. The number of sulfonamides is 1. The first-order valence-corrected chi connectivity index (χ1v) is 10.00. The van der Waals surface area contributed by atoms with Crippen LogP contribution in [0.15, 0.2) is 53.4 Å². The van der Waals surface area contributed by atoms with Crippen LogP contribution in [0.25, 0.3) is 0 Å². The monoisotopic (exact) mass is 375 g/mol. The fourth-order valence-corrected chi connectivity index (χ4v) is 4.36. The van der Waals surface area contributed by atoms with Crippen molar-refractivity contribution < 1.29 is 22.7 Å². The third-order valence-corrected chi connectivity index (χ3v) is 6.01. The molecule has 6 nitrogen and oxygen atoms in total. The van der Waals surface area contributed by atoms with E-state index in [2.05, 4.69) is 0 Å². The van der Waals surface area contributed by atoms with Crippen LogP contribution in [0.1, 0.15) is 30.1 Å². The highest BCUT2D eigenvalue weighted by Crippen LogP contribution is 2.23. The van der Waals surface area contributed by atoms with Crippen molar-refractivity contribution in [1.82, 2.24) is 4.31 Å². The maximum absolute atomic E-state index is 12.6. The Morgan fingerprint density at radius 3 is 2.35 bits per heavy atom. The Morgan fingerprint density at radius 1 is 1.04 bits per heavy atom. The lowest BCUT2D eigenvalue weighted by molar-refractivity contribution is 0.0734. The summed E-state index contributed by atoms with van der Waals surface area (Å²) < 4.78 is 37.4. The number of esters is 1. The minimum absolute atomic E-state index is 0.112. The van der Waals surface area contributed by atoms with Crippen molar-refractivity contribution in [2.24, 2.45) is 0 Å². The van der Waals surface area contributed by atoms with Crippen LogP contribution < -0.4 is 9.47 Å². The van der Waals surface area contributed by atoms with E-state index in [1.54, 1.807) is 36.4 Å². The molecule has 2 aromatic carbocycles. The zero-order chi connectivity index (χ0) is 18.6. The summed E-state index contributed by atoms with van der Waals surface area (Å²) in [5.41, 5.74) is 0.194. The van der Waals surface area contributed by atoms with Crippen LogP contribution in [0.4, 0.5) is 0 Å². The van der Waals surface area contributed by atoms with Crippen LogP contribution in [-0.4, -0.2) is 38.4 Å². The molecule has 2 aromatic rings. The first-order chi connectivity index (χ1) is 12.5. The molecule has 0 atom stereocenters. The molecule has 0 spiro atoms. The summed E-state index contributed by atoms with van der Waals surface area (Å²) in [6.07, 6.45) is 1.72. The Balaban J connectivity index is 1.75. The molecule has 7 heteroatoms. The third-order valence-electron chi connectivity index (χ3n) is 4.12. The number of hydrogen-bond acceptors (Lipinski definition) is 5. The molecule has 1 aliphatic rings. The summed E-state index contributed by atoms with van der Waals surface area (Å²) in [5, 5.41) is 0. The molecule has 0 aliphatic carbocycles. The number of rotatable bonds is 6. The number of nitrogens with zero attached hydrogens (tertiary/aromatic N) is 1. The number of carbonyl (C=O) groups is 1. The van der Waals surface area contributed by atoms with Gasteiger partial charge in [-0.3, -0.25) is 0 Å². The van der Waals surface area contributed by atoms with Gasteiger partial charge in [-0.2, -0.15) is 4.31 Å². The van der Waals surface area contributed by atoms with Crippen molar-refractivity contribution in [3.05, 3.63) is 54.1 Å². The maximum Gasteiger partial charge on any atom is 0.343 e. The average molecular weight is 375 g/mol. The van der Waals surface area contributed by atoms with Gasteiger partial charge >= 0.3 is 5.97 Å². The van der Waals surface area contributed by atoms with E-state index in [0.717, 1.165) is 12.8 Å². The van der Waals surface area contributed by atoms with Crippen molar-refractivity contribution in [3.63, 3.8) is 0 Å². The second-order valence-corrected chi connectivity index (χ2v) is 7.87. The summed E-state index contributed by atoms with van der Waals surface area (Å²) in [7, 11) is -3.57. The molecule has 0 N–H and O–H groups in total. The van der Waals surface area contributed by atoms with Crippen molar-refractivity contribution in [3.8, 4) is 11.5 Å². The first-order valence-electron chi connectivity index (χ1n) is 8.56.